The second-order valence-electron chi connectivity index (χ2n) is 5.12. The summed E-state index contributed by atoms with van der Waals surface area (Å²) in [5.74, 6) is 0.0312. The van der Waals surface area contributed by atoms with Gasteiger partial charge in [0.15, 0.2) is 0 Å². The minimum atomic E-state index is -0.433. The molecule has 3 rings (SSSR count). The lowest BCUT2D eigenvalue weighted by molar-refractivity contribution is 0.0640. The average molecular weight is 287 g/mol. The van der Waals surface area contributed by atoms with Crippen molar-refractivity contribution in [3.05, 3.63) is 58.3 Å². The van der Waals surface area contributed by atoms with Crippen LogP contribution in [0.2, 0.25) is 0 Å². The van der Waals surface area contributed by atoms with Crippen molar-refractivity contribution in [2.45, 2.75) is 25.0 Å². The zero-order chi connectivity index (χ0) is 13.9. The highest BCUT2D eigenvalue weighted by atomic mass is 32.1. The number of likely N-dealkylation sites (tertiary alicyclic amines) is 1. The highest BCUT2D eigenvalue weighted by molar-refractivity contribution is 7.08. The quantitative estimate of drug-likeness (QED) is 0.942. The Labute approximate surface area is 122 Å². The Hall–Kier alpha value is -1.65. The summed E-state index contributed by atoms with van der Waals surface area (Å²) in [6.45, 7) is 0.632. The number of amides is 1. The number of benzene rings is 1. The van der Waals surface area contributed by atoms with Crippen molar-refractivity contribution in [3.63, 3.8) is 0 Å². The Bertz CT molecular complexity index is 567. The number of nitrogens with zero attached hydrogens (tertiary/aromatic N) is 1. The van der Waals surface area contributed by atoms with E-state index in [9.17, 15) is 9.90 Å². The lowest BCUT2D eigenvalue weighted by atomic mass is 10.0. The number of aliphatic hydroxyl groups is 1. The van der Waals surface area contributed by atoms with E-state index >= 15 is 0 Å². The summed E-state index contributed by atoms with van der Waals surface area (Å²) in [5, 5.41) is 14.0. The highest BCUT2D eigenvalue weighted by Gasteiger charge is 2.36. The molecule has 0 radical (unpaired) electrons. The maximum atomic E-state index is 12.5. The van der Waals surface area contributed by atoms with Crippen LogP contribution in [0.3, 0.4) is 0 Å². The van der Waals surface area contributed by atoms with Gasteiger partial charge in [-0.2, -0.15) is 11.3 Å². The van der Waals surface area contributed by atoms with Gasteiger partial charge in [0.2, 0.25) is 0 Å². The largest absolute Gasteiger partial charge is 0.391 e. The second-order valence-corrected chi connectivity index (χ2v) is 5.90. The summed E-state index contributed by atoms with van der Waals surface area (Å²) in [6.07, 6.45) is 0.934. The molecule has 0 unspecified atom stereocenters. The van der Waals surface area contributed by atoms with E-state index in [0.29, 0.717) is 19.4 Å². The van der Waals surface area contributed by atoms with Gasteiger partial charge < -0.3 is 10.0 Å². The normalized spacial score (nSPS) is 22.1. The number of carbonyl (C=O) groups is 1. The Morgan fingerprint density at radius 3 is 2.80 bits per heavy atom. The maximum absolute atomic E-state index is 12.5. The predicted molar refractivity (Wildman–Crippen MR) is 79.9 cm³/mol. The number of carbonyl (C=O) groups excluding carboxylic acids is 1. The predicted octanol–water partition coefficient (Wildman–Crippen LogP) is 2.57. The molecule has 2 aromatic rings. The highest BCUT2D eigenvalue weighted by Crippen LogP contribution is 2.24. The van der Waals surface area contributed by atoms with Crippen LogP contribution in [0, 0.1) is 0 Å². The van der Waals surface area contributed by atoms with Gasteiger partial charge in [0.1, 0.15) is 0 Å². The van der Waals surface area contributed by atoms with Gasteiger partial charge in [-0.1, -0.05) is 30.3 Å². The van der Waals surface area contributed by atoms with Crippen LogP contribution in [0.15, 0.2) is 47.2 Å². The van der Waals surface area contributed by atoms with Gasteiger partial charge in [0, 0.05) is 11.9 Å². The fourth-order valence-corrected chi connectivity index (χ4v) is 3.37. The first kappa shape index (κ1) is 13.3. The maximum Gasteiger partial charge on any atom is 0.255 e. The third-order valence-electron chi connectivity index (χ3n) is 3.83. The first-order valence-electron chi connectivity index (χ1n) is 6.81. The molecule has 0 aliphatic carbocycles. The average Bonchev–Trinajstić information content (AvgIpc) is 3.11. The molecule has 1 fully saturated rings. The van der Waals surface area contributed by atoms with Crippen molar-refractivity contribution in [1.29, 1.82) is 0 Å². The summed E-state index contributed by atoms with van der Waals surface area (Å²) in [6, 6.07) is 11.8. The van der Waals surface area contributed by atoms with Crippen molar-refractivity contribution < 1.29 is 9.90 Å². The zero-order valence-corrected chi connectivity index (χ0v) is 11.9. The molecular formula is C16H17NO2S. The molecule has 1 saturated heterocycles. The molecule has 1 aromatic heterocycles. The van der Waals surface area contributed by atoms with Crippen molar-refractivity contribution in [2.24, 2.45) is 0 Å². The number of hydrogen-bond acceptors (Lipinski definition) is 3. The summed E-state index contributed by atoms with van der Waals surface area (Å²) < 4.78 is 0. The SMILES string of the molecule is O=C(c1ccsc1)N1CC[C@@H](O)[C@H]1Cc1ccccc1. The molecule has 4 heteroatoms. The van der Waals surface area contributed by atoms with Crippen LogP contribution >= 0.6 is 11.3 Å². The molecule has 1 N–H and O–H groups in total. The topological polar surface area (TPSA) is 40.5 Å². The molecule has 104 valence electrons. The summed E-state index contributed by atoms with van der Waals surface area (Å²) in [4.78, 5) is 14.3. The van der Waals surface area contributed by atoms with Gasteiger partial charge in [0.05, 0.1) is 17.7 Å². The monoisotopic (exact) mass is 287 g/mol. The number of thiophene rings is 1. The van der Waals surface area contributed by atoms with E-state index in [1.165, 1.54) is 11.3 Å². The van der Waals surface area contributed by atoms with Crippen molar-refractivity contribution in [3.8, 4) is 0 Å². The van der Waals surface area contributed by atoms with Gasteiger partial charge in [0.25, 0.3) is 5.91 Å². The van der Waals surface area contributed by atoms with E-state index in [2.05, 4.69) is 0 Å². The van der Waals surface area contributed by atoms with Crippen LogP contribution in [-0.2, 0) is 6.42 Å². The third kappa shape index (κ3) is 2.62. The van der Waals surface area contributed by atoms with Gasteiger partial charge in [-0.15, -0.1) is 0 Å². The van der Waals surface area contributed by atoms with E-state index in [1.54, 1.807) is 0 Å². The molecule has 0 bridgehead atoms. The van der Waals surface area contributed by atoms with Crippen molar-refractivity contribution in [1.82, 2.24) is 4.90 Å². The first-order valence-corrected chi connectivity index (χ1v) is 7.75. The number of rotatable bonds is 3. The molecule has 1 aliphatic heterocycles. The lowest BCUT2D eigenvalue weighted by Crippen LogP contribution is -2.41. The molecule has 1 aliphatic rings. The molecular weight excluding hydrogens is 270 g/mol. The van der Waals surface area contributed by atoms with Crippen molar-refractivity contribution in [2.75, 3.05) is 6.54 Å². The molecule has 2 heterocycles. The van der Waals surface area contributed by atoms with Crippen LogP contribution in [0.4, 0.5) is 0 Å². The lowest BCUT2D eigenvalue weighted by Gasteiger charge is -2.26. The van der Waals surface area contributed by atoms with E-state index in [-0.39, 0.29) is 11.9 Å². The summed E-state index contributed by atoms with van der Waals surface area (Å²) in [5.41, 5.74) is 1.88. The third-order valence-corrected chi connectivity index (χ3v) is 4.51. The van der Waals surface area contributed by atoms with Crippen LogP contribution in [-0.4, -0.2) is 34.6 Å². The van der Waals surface area contributed by atoms with Crippen LogP contribution < -0.4 is 0 Å². The summed E-state index contributed by atoms with van der Waals surface area (Å²) in [7, 11) is 0. The second kappa shape index (κ2) is 5.77. The molecule has 20 heavy (non-hydrogen) atoms. The Morgan fingerprint density at radius 2 is 2.10 bits per heavy atom. The van der Waals surface area contributed by atoms with E-state index < -0.39 is 6.10 Å². The standard InChI is InChI=1S/C16H17NO2S/c18-15-6-8-17(16(19)13-7-9-20-11-13)14(15)10-12-4-2-1-3-5-12/h1-5,7,9,11,14-15,18H,6,8,10H2/t14-,15-/m1/s1. The fraction of sp³-hybridized carbons (Fsp3) is 0.312. The molecule has 3 nitrogen and oxygen atoms in total. The minimum Gasteiger partial charge on any atom is -0.391 e. The fourth-order valence-electron chi connectivity index (χ4n) is 2.74. The molecule has 2 atom stereocenters. The van der Waals surface area contributed by atoms with Gasteiger partial charge in [-0.3, -0.25) is 4.79 Å². The Kier molecular flexibility index (Phi) is 3.85. The summed E-state index contributed by atoms with van der Waals surface area (Å²) >= 11 is 1.52. The van der Waals surface area contributed by atoms with E-state index in [0.717, 1.165) is 11.1 Å². The van der Waals surface area contributed by atoms with Crippen LogP contribution in [0.25, 0.3) is 0 Å². The smallest absolute Gasteiger partial charge is 0.255 e. The van der Waals surface area contributed by atoms with E-state index in [4.69, 9.17) is 0 Å². The first-order chi connectivity index (χ1) is 9.75. The molecule has 1 aromatic carbocycles. The van der Waals surface area contributed by atoms with Crippen LogP contribution in [0.5, 0.6) is 0 Å². The molecule has 0 saturated carbocycles. The molecule has 1 amide bonds. The van der Waals surface area contributed by atoms with Gasteiger partial charge in [-0.25, -0.2) is 0 Å². The van der Waals surface area contributed by atoms with Gasteiger partial charge >= 0.3 is 0 Å². The van der Waals surface area contributed by atoms with Crippen molar-refractivity contribution >= 4 is 17.2 Å². The van der Waals surface area contributed by atoms with E-state index in [1.807, 2.05) is 52.1 Å². The minimum absolute atomic E-state index is 0.0312. The van der Waals surface area contributed by atoms with Crippen LogP contribution in [0.1, 0.15) is 22.3 Å². The number of aliphatic hydroxyl groups excluding tert-OH is 1. The zero-order valence-electron chi connectivity index (χ0n) is 11.1. The number of hydrogen-bond donors (Lipinski definition) is 1. The molecule has 0 spiro atoms. The van der Waals surface area contributed by atoms with Gasteiger partial charge in [-0.05, 0) is 29.9 Å². The Balaban J connectivity index is 1.78. The Morgan fingerprint density at radius 1 is 1.30 bits per heavy atom.